The molecule has 6 heteroatoms. The number of nitrogens with zero attached hydrogens (tertiary/aromatic N) is 2. The highest BCUT2D eigenvalue weighted by molar-refractivity contribution is 7.22. The number of ether oxygens (including phenoxy) is 1. The number of hydrogen-bond donors (Lipinski definition) is 2. The van der Waals surface area contributed by atoms with Crippen LogP contribution in [0.15, 0.2) is 42.7 Å². The molecule has 0 spiro atoms. The second kappa shape index (κ2) is 7.53. The summed E-state index contributed by atoms with van der Waals surface area (Å²) in [6.07, 6.45) is 10.2. The first-order valence-electron chi connectivity index (χ1n) is 9.93. The quantitative estimate of drug-likeness (QED) is 0.460. The van der Waals surface area contributed by atoms with Gasteiger partial charge in [0.2, 0.25) is 0 Å². The van der Waals surface area contributed by atoms with Crippen molar-refractivity contribution in [3.63, 3.8) is 0 Å². The van der Waals surface area contributed by atoms with Gasteiger partial charge in [-0.1, -0.05) is 36.7 Å². The number of hydrogen-bond acceptors (Lipinski definition) is 5. The van der Waals surface area contributed by atoms with E-state index < -0.39 is 0 Å². The van der Waals surface area contributed by atoms with E-state index in [0.29, 0.717) is 6.04 Å². The van der Waals surface area contributed by atoms with Gasteiger partial charge < -0.3 is 15.0 Å². The number of anilines is 1. The minimum absolute atomic E-state index is 0.140. The molecule has 144 valence electrons. The Morgan fingerprint density at radius 2 is 2.11 bits per heavy atom. The molecule has 5 nitrogen and oxygen atoms in total. The number of aromatic nitrogens is 3. The van der Waals surface area contributed by atoms with Crippen LogP contribution in [-0.2, 0) is 4.74 Å². The molecule has 28 heavy (non-hydrogen) atoms. The molecule has 0 amide bonds. The summed E-state index contributed by atoms with van der Waals surface area (Å²) >= 11 is 1.74. The zero-order valence-electron chi connectivity index (χ0n) is 15.9. The molecule has 2 N–H and O–H groups in total. The lowest BCUT2D eigenvalue weighted by Crippen LogP contribution is -2.21. The number of rotatable bonds is 5. The van der Waals surface area contributed by atoms with Crippen LogP contribution in [0.4, 0.5) is 5.13 Å². The fourth-order valence-corrected chi connectivity index (χ4v) is 5.22. The Bertz CT molecular complexity index is 1100. The first-order valence-corrected chi connectivity index (χ1v) is 10.8. The molecule has 3 aromatic heterocycles. The third kappa shape index (κ3) is 3.27. The summed E-state index contributed by atoms with van der Waals surface area (Å²) in [6.45, 7) is 0. The standard InChI is InChI=1S/C22H24N4OS/c1-27-20(17-13-24-21-16(17)8-5-11-23-21)14-9-10-18-19(12-14)28-22(26-18)25-15-6-3-2-4-7-15/h5,8-13,15,20H,2-4,6-7H2,1H3,(H,23,24)(H,25,26). The van der Waals surface area contributed by atoms with E-state index in [9.17, 15) is 0 Å². The van der Waals surface area contributed by atoms with Crippen molar-refractivity contribution in [1.29, 1.82) is 0 Å². The van der Waals surface area contributed by atoms with Crippen molar-refractivity contribution < 1.29 is 4.74 Å². The van der Waals surface area contributed by atoms with Gasteiger partial charge >= 0.3 is 0 Å². The molecule has 1 aromatic carbocycles. The van der Waals surface area contributed by atoms with Gasteiger partial charge in [0.05, 0.1) is 10.2 Å². The van der Waals surface area contributed by atoms with Crippen LogP contribution >= 0.6 is 11.3 Å². The Hall–Kier alpha value is -2.44. The molecule has 0 aliphatic heterocycles. The first kappa shape index (κ1) is 17.6. The lowest BCUT2D eigenvalue weighted by molar-refractivity contribution is 0.138. The predicted molar refractivity (Wildman–Crippen MR) is 115 cm³/mol. The highest BCUT2D eigenvalue weighted by atomic mass is 32.1. The monoisotopic (exact) mass is 392 g/mol. The molecule has 1 aliphatic carbocycles. The number of aromatic amines is 1. The Balaban J connectivity index is 1.46. The van der Waals surface area contributed by atoms with Crippen molar-refractivity contribution in [2.75, 3.05) is 12.4 Å². The minimum atomic E-state index is -0.140. The average Bonchev–Trinajstić information content (AvgIpc) is 3.33. The normalized spacial score (nSPS) is 16.6. The van der Waals surface area contributed by atoms with E-state index in [0.717, 1.165) is 32.8 Å². The molecular formula is C22H24N4OS. The molecule has 1 unspecified atom stereocenters. The Morgan fingerprint density at radius 3 is 2.96 bits per heavy atom. The van der Waals surface area contributed by atoms with Gasteiger partial charge in [-0.3, -0.25) is 0 Å². The molecule has 0 saturated heterocycles. The van der Waals surface area contributed by atoms with Crippen molar-refractivity contribution in [2.24, 2.45) is 0 Å². The fourth-order valence-electron chi connectivity index (χ4n) is 4.22. The molecular weight excluding hydrogens is 368 g/mol. The maximum absolute atomic E-state index is 5.89. The van der Waals surface area contributed by atoms with Crippen LogP contribution in [0, 0.1) is 0 Å². The van der Waals surface area contributed by atoms with Crippen LogP contribution in [0.3, 0.4) is 0 Å². The van der Waals surface area contributed by atoms with Crippen LogP contribution in [-0.4, -0.2) is 28.1 Å². The van der Waals surface area contributed by atoms with Crippen molar-refractivity contribution in [3.05, 3.63) is 53.9 Å². The highest BCUT2D eigenvalue weighted by Crippen LogP contribution is 2.35. The number of thiazole rings is 1. The lowest BCUT2D eigenvalue weighted by Gasteiger charge is -2.22. The SMILES string of the molecule is COC(c1ccc2nc(NC3CCCCC3)sc2c1)c1c[nH]c2ncccc12. The lowest BCUT2D eigenvalue weighted by atomic mass is 9.96. The van der Waals surface area contributed by atoms with Gasteiger partial charge in [0.25, 0.3) is 0 Å². The summed E-state index contributed by atoms with van der Waals surface area (Å²) in [5.74, 6) is 0. The van der Waals surface area contributed by atoms with Crippen LogP contribution < -0.4 is 5.32 Å². The number of methoxy groups -OCH3 is 1. The number of nitrogens with one attached hydrogen (secondary N) is 2. The van der Waals surface area contributed by atoms with E-state index in [2.05, 4.69) is 39.6 Å². The molecule has 5 rings (SSSR count). The van der Waals surface area contributed by atoms with Gasteiger partial charge in [-0.25, -0.2) is 9.97 Å². The number of pyridine rings is 1. The van der Waals surface area contributed by atoms with Crippen molar-refractivity contribution in [1.82, 2.24) is 15.0 Å². The van der Waals surface area contributed by atoms with Crippen LogP contribution in [0.25, 0.3) is 21.3 Å². The van der Waals surface area contributed by atoms with E-state index in [1.54, 1.807) is 24.6 Å². The second-order valence-corrected chi connectivity index (χ2v) is 8.52. The molecule has 4 aromatic rings. The van der Waals surface area contributed by atoms with Gasteiger partial charge in [-0.15, -0.1) is 0 Å². The van der Waals surface area contributed by atoms with Crippen molar-refractivity contribution in [3.8, 4) is 0 Å². The zero-order valence-corrected chi connectivity index (χ0v) is 16.8. The Labute approximate surface area is 168 Å². The fraction of sp³-hybridized carbons (Fsp3) is 0.364. The van der Waals surface area contributed by atoms with E-state index in [4.69, 9.17) is 9.72 Å². The van der Waals surface area contributed by atoms with E-state index in [1.165, 1.54) is 36.8 Å². The summed E-state index contributed by atoms with van der Waals surface area (Å²) < 4.78 is 7.08. The van der Waals surface area contributed by atoms with Crippen molar-refractivity contribution in [2.45, 2.75) is 44.2 Å². The van der Waals surface area contributed by atoms with E-state index >= 15 is 0 Å². The van der Waals surface area contributed by atoms with Crippen LogP contribution in [0.2, 0.25) is 0 Å². The second-order valence-electron chi connectivity index (χ2n) is 7.48. The predicted octanol–water partition coefficient (Wildman–Crippen LogP) is 5.65. The summed E-state index contributed by atoms with van der Waals surface area (Å²) in [6, 6.07) is 11.0. The highest BCUT2D eigenvalue weighted by Gasteiger charge is 2.20. The number of H-pyrrole nitrogens is 1. The third-order valence-electron chi connectivity index (χ3n) is 5.65. The molecule has 3 heterocycles. The van der Waals surface area contributed by atoms with E-state index in [-0.39, 0.29) is 6.10 Å². The van der Waals surface area contributed by atoms with E-state index in [1.807, 2.05) is 12.3 Å². The van der Waals surface area contributed by atoms with Crippen LogP contribution in [0.5, 0.6) is 0 Å². The van der Waals surface area contributed by atoms with Gasteiger partial charge in [-0.05, 0) is 42.7 Å². The van der Waals surface area contributed by atoms with Gasteiger partial charge in [-0.2, -0.15) is 0 Å². The molecule has 1 aliphatic rings. The number of fused-ring (bicyclic) bond motifs is 2. The van der Waals surface area contributed by atoms with Gasteiger partial charge in [0, 0.05) is 36.5 Å². The van der Waals surface area contributed by atoms with Crippen molar-refractivity contribution >= 4 is 37.7 Å². The summed E-state index contributed by atoms with van der Waals surface area (Å²) in [4.78, 5) is 12.4. The molecule has 0 bridgehead atoms. The molecule has 1 atom stereocenters. The maximum Gasteiger partial charge on any atom is 0.184 e. The molecule has 1 fully saturated rings. The van der Waals surface area contributed by atoms with Gasteiger partial charge in [0.15, 0.2) is 5.13 Å². The van der Waals surface area contributed by atoms with Gasteiger partial charge in [0.1, 0.15) is 11.8 Å². The molecule has 1 saturated carbocycles. The average molecular weight is 393 g/mol. The topological polar surface area (TPSA) is 62.8 Å². The molecule has 0 radical (unpaired) electrons. The van der Waals surface area contributed by atoms with Crippen LogP contribution in [0.1, 0.15) is 49.3 Å². The minimum Gasteiger partial charge on any atom is -0.372 e. The maximum atomic E-state index is 5.89. The smallest absolute Gasteiger partial charge is 0.184 e. The first-order chi connectivity index (χ1) is 13.8. The zero-order chi connectivity index (χ0) is 18.9. The Morgan fingerprint density at radius 1 is 1.21 bits per heavy atom. The summed E-state index contributed by atoms with van der Waals surface area (Å²) in [5, 5.41) is 5.78. The Kier molecular flexibility index (Phi) is 4.74. The largest absolute Gasteiger partial charge is 0.372 e. The summed E-state index contributed by atoms with van der Waals surface area (Å²) in [5.41, 5.74) is 4.17. The summed E-state index contributed by atoms with van der Waals surface area (Å²) in [7, 11) is 1.76. The third-order valence-corrected chi connectivity index (χ3v) is 6.60. The number of benzene rings is 1.